The molecule has 3 aliphatic rings. The summed E-state index contributed by atoms with van der Waals surface area (Å²) in [4.78, 5) is 11.1. The molecule has 1 unspecified atom stereocenters. The maximum absolute atomic E-state index is 5.92. The highest BCUT2D eigenvalue weighted by atomic mass is 17.2. The van der Waals surface area contributed by atoms with E-state index < -0.39 is 5.79 Å². The summed E-state index contributed by atoms with van der Waals surface area (Å²) in [5.74, 6) is 0.326. The highest BCUT2D eigenvalue weighted by Gasteiger charge is 2.41. The molecule has 2 saturated carbocycles. The van der Waals surface area contributed by atoms with Crippen molar-refractivity contribution in [1.29, 1.82) is 0 Å². The molecular weight excluding hydrogens is 288 g/mol. The lowest BCUT2D eigenvalue weighted by Crippen LogP contribution is -2.42. The van der Waals surface area contributed by atoms with Gasteiger partial charge in [-0.3, -0.25) is 0 Å². The molecule has 1 heterocycles. The van der Waals surface area contributed by atoms with Gasteiger partial charge in [-0.05, 0) is 48.8 Å². The van der Waals surface area contributed by atoms with Crippen molar-refractivity contribution < 1.29 is 14.5 Å². The average Bonchev–Trinajstić information content (AvgIpc) is 3.27. The minimum absolute atomic E-state index is 0.115. The van der Waals surface area contributed by atoms with Crippen LogP contribution >= 0.6 is 0 Å². The van der Waals surface area contributed by atoms with E-state index in [1.54, 1.807) is 0 Å². The third kappa shape index (κ3) is 3.52. The van der Waals surface area contributed by atoms with Gasteiger partial charge in [0.2, 0.25) is 5.79 Å². The molecular formula is C20H26O3. The van der Waals surface area contributed by atoms with E-state index in [4.69, 9.17) is 14.5 Å². The molecule has 0 aromatic heterocycles. The van der Waals surface area contributed by atoms with Gasteiger partial charge < -0.3 is 4.74 Å². The maximum atomic E-state index is 5.92. The van der Waals surface area contributed by atoms with Crippen molar-refractivity contribution in [2.45, 2.75) is 69.2 Å². The first-order chi connectivity index (χ1) is 11.3. The van der Waals surface area contributed by atoms with Crippen molar-refractivity contribution >= 4 is 6.08 Å². The Morgan fingerprint density at radius 2 is 1.70 bits per heavy atom. The zero-order chi connectivity index (χ0) is 15.5. The van der Waals surface area contributed by atoms with E-state index in [1.807, 2.05) is 6.08 Å². The lowest BCUT2D eigenvalue weighted by atomic mass is 9.96. The number of rotatable bonds is 3. The Morgan fingerprint density at radius 1 is 0.957 bits per heavy atom. The van der Waals surface area contributed by atoms with Gasteiger partial charge in [0.05, 0.1) is 6.61 Å². The highest BCUT2D eigenvalue weighted by Crippen LogP contribution is 2.37. The van der Waals surface area contributed by atoms with Crippen LogP contribution in [0.3, 0.4) is 0 Å². The molecule has 124 valence electrons. The quantitative estimate of drug-likeness (QED) is 0.737. The number of hydrogen-bond donors (Lipinski definition) is 0. The van der Waals surface area contributed by atoms with Crippen molar-refractivity contribution in [3.05, 3.63) is 41.5 Å². The monoisotopic (exact) mass is 314 g/mol. The summed E-state index contributed by atoms with van der Waals surface area (Å²) >= 11 is 0. The molecule has 23 heavy (non-hydrogen) atoms. The third-order valence-electron chi connectivity index (χ3n) is 5.47. The number of hydrogen-bond acceptors (Lipinski definition) is 3. The van der Waals surface area contributed by atoms with Gasteiger partial charge in [-0.1, -0.05) is 43.2 Å². The topological polar surface area (TPSA) is 27.7 Å². The van der Waals surface area contributed by atoms with Gasteiger partial charge in [0.25, 0.3) is 0 Å². The van der Waals surface area contributed by atoms with Crippen LogP contribution in [0.25, 0.3) is 6.08 Å². The Kier molecular flexibility index (Phi) is 4.52. The molecule has 1 atom stereocenters. The van der Waals surface area contributed by atoms with Gasteiger partial charge in [-0.25, -0.2) is 9.78 Å². The zero-order valence-corrected chi connectivity index (χ0v) is 13.7. The molecule has 1 saturated heterocycles. The molecule has 0 N–H and O–H groups in total. The van der Waals surface area contributed by atoms with Gasteiger partial charge in [-0.2, -0.15) is 0 Å². The first kappa shape index (κ1) is 15.4. The normalized spacial score (nSPS) is 28.1. The fourth-order valence-electron chi connectivity index (χ4n) is 4.02. The van der Waals surface area contributed by atoms with Crippen LogP contribution in [-0.2, 0) is 14.5 Å². The molecule has 2 aliphatic carbocycles. The van der Waals surface area contributed by atoms with E-state index in [0.29, 0.717) is 6.61 Å². The predicted octanol–water partition coefficient (Wildman–Crippen LogP) is 4.97. The lowest BCUT2D eigenvalue weighted by Gasteiger charge is -2.34. The van der Waals surface area contributed by atoms with Crippen molar-refractivity contribution in [2.75, 3.05) is 6.61 Å². The maximum Gasteiger partial charge on any atom is 0.201 e. The summed E-state index contributed by atoms with van der Waals surface area (Å²) in [6.45, 7) is 0.580. The van der Waals surface area contributed by atoms with Crippen molar-refractivity contribution in [1.82, 2.24) is 0 Å². The second-order valence-electron chi connectivity index (χ2n) is 7.15. The van der Waals surface area contributed by atoms with Crippen LogP contribution in [0.2, 0.25) is 0 Å². The van der Waals surface area contributed by atoms with Crippen LogP contribution in [0.5, 0.6) is 0 Å². The first-order valence-corrected chi connectivity index (χ1v) is 9.10. The molecule has 3 fully saturated rings. The molecule has 3 nitrogen and oxygen atoms in total. The molecule has 4 rings (SSSR count). The third-order valence-corrected chi connectivity index (χ3v) is 5.47. The first-order valence-electron chi connectivity index (χ1n) is 9.10. The van der Waals surface area contributed by atoms with Gasteiger partial charge >= 0.3 is 0 Å². The van der Waals surface area contributed by atoms with Gasteiger partial charge in [0.15, 0.2) is 0 Å². The summed E-state index contributed by atoms with van der Waals surface area (Å²) < 4.78 is 5.92. The zero-order valence-electron chi connectivity index (χ0n) is 13.7. The standard InChI is InChI=1S/C20H26O3/c1-2-6-17(5-1)18-10-7-16(8-11-18)9-12-19-15-21-20(23-22-19)13-3-4-14-20/h7-12,17,19H,1-6,13-15H2. The summed E-state index contributed by atoms with van der Waals surface area (Å²) in [5, 5.41) is 0. The summed E-state index contributed by atoms with van der Waals surface area (Å²) in [6.07, 6.45) is 13.7. The highest BCUT2D eigenvalue weighted by molar-refractivity contribution is 5.50. The van der Waals surface area contributed by atoms with Crippen LogP contribution < -0.4 is 0 Å². The second-order valence-corrected chi connectivity index (χ2v) is 7.15. The number of ether oxygens (including phenoxy) is 1. The summed E-state index contributed by atoms with van der Waals surface area (Å²) in [6, 6.07) is 8.95. The largest absolute Gasteiger partial charge is 0.344 e. The van der Waals surface area contributed by atoms with E-state index in [9.17, 15) is 0 Å². The van der Waals surface area contributed by atoms with Crippen LogP contribution in [0, 0.1) is 0 Å². The molecule has 1 aromatic carbocycles. The smallest absolute Gasteiger partial charge is 0.201 e. The minimum Gasteiger partial charge on any atom is -0.344 e. The van der Waals surface area contributed by atoms with Crippen molar-refractivity contribution in [2.24, 2.45) is 0 Å². The minimum atomic E-state index is -0.451. The van der Waals surface area contributed by atoms with Crippen molar-refractivity contribution in [3.8, 4) is 0 Å². The summed E-state index contributed by atoms with van der Waals surface area (Å²) in [7, 11) is 0. The molecule has 1 aliphatic heterocycles. The fourth-order valence-corrected chi connectivity index (χ4v) is 4.02. The predicted molar refractivity (Wildman–Crippen MR) is 89.8 cm³/mol. The van der Waals surface area contributed by atoms with E-state index in [0.717, 1.165) is 31.6 Å². The van der Waals surface area contributed by atoms with Gasteiger partial charge in [0, 0.05) is 12.8 Å². The molecule has 0 amide bonds. The van der Waals surface area contributed by atoms with E-state index in [2.05, 4.69) is 30.3 Å². The fraction of sp³-hybridized carbons (Fsp3) is 0.600. The Balaban J connectivity index is 1.32. The Labute approximate surface area is 138 Å². The van der Waals surface area contributed by atoms with Crippen LogP contribution in [-0.4, -0.2) is 18.5 Å². The van der Waals surface area contributed by atoms with Gasteiger partial charge in [0.1, 0.15) is 6.10 Å². The van der Waals surface area contributed by atoms with Gasteiger partial charge in [-0.15, -0.1) is 0 Å². The van der Waals surface area contributed by atoms with Crippen LogP contribution in [0.1, 0.15) is 68.4 Å². The van der Waals surface area contributed by atoms with Crippen LogP contribution in [0.15, 0.2) is 30.3 Å². The lowest BCUT2D eigenvalue weighted by molar-refractivity contribution is -0.477. The number of benzene rings is 1. The molecule has 1 aromatic rings. The average molecular weight is 314 g/mol. The summed E-state index contributed by atoms with van der Waals surface area (Å²) in [5.41, 5.74) is 2.69. The van der Waals surface area contributed by atoms with E-state index in [1.165, 1.54) is 36.8 Å². The Morgan fingerprint density at radius 3 is 2.35 bits per heavy atom. The molecule has 0 radical (unpaired) electrons. The van der Waals surface area contributed by atoms with E-state index in [-0.39, 0.29) is 6.10 Å². The molecule has 3 heteroatoms. The molecule has 1 spiro atoms. The SMILES string of the molecule is C(=CC1COC2(CCCC2)OO1)c1ccc(C2CCCC2)cc1. The Hall–Kier alpha value is -1.16. The Bertz CT molecular complexity index is 527. The van der Waals surface area contributed by atoms with Crippen LogP contribution in [0.4, 0.5) is 0 Å². The van der Waals surface area contributed by atoms with E-state index >= 15 is 0 Å². The molecule has 0 bridgehead atoms. The van der Waals surface area contributed by atoms with Crippen molar-refractivity contribution in [3.63, 3.8) is 0 Å². The second kappa shape index (κ2) is 6.76.